The van der Waals surface area contributed by atoms with Gasteiger partial charge < -0.3 is 4.57 Å². The number of hydrogen-bond donors (Lipinski definition) is 0. The maximum Gasteiger partial charge on any atom is 0.341 e. The summed E-state index contributed by atoms with van der Waals surface area (Å²) in [4.78, 5) is 0.214. The van der Waals surface area contributed by atoms with Gasteiger partial charge in [0.1, 0.15) is 0 Å². The number of hydrogen-bond acceptors (Lipinski definition) is 5. The summed E-state index contributed by atoms with van der Waals surface area (Å²) in [5.74, 6) is -2.87. The predicted molar refractivity (Wildman–Crippen MR) is 95.2 cm³/mol. The summed E-state index contributed by atoms with van der Waals surface area (Å²) in [6.07, 6.45) is 0. The van der Waals surface area contributed by atoms with Gasteiger partial charge in [-0.2, -0.15) is 8.78 Å². The molecule has 26 heavy (non-hydrogen) atoms. The molecule has 0 bridgehead atoms. The molecule has 0 atom stereocenters. The molecular weight excluding hydrogens is 404 g/mol. The SMILES string of the molecule is Cn1c(Sc2ccc(S(=O)(=O)C(F)F)cc2)nnc1-c1ccccc1Cl. The van der Waals surface area contributed by atoms with E-state index in [1.807, 2.05) is 18.2 Å². The smallest absolute Gasteiger partial charge is 0.305 e. The van der Waals surface area contributed by atoms with Crippen LogP contribution in [0.5, 0.6) is 0 Å². The van der Waals surface area contributed by atoms with Crippen LogP contribution < -0.4 is 0 Å². The molecule has 0 fully saturated rings. The second kappa shape index (κ2) is 7.34. The first-order valence-corrected chi connectivity index (χ1v) is 9.99. The predicted octanol–water partition coefficient (Wildman–Crippen LogP) is 4.28. The molecule has 0 saturated carbocycles. The molecule has 1 aromatic heterocycles. The Kier molecular flexibility index (Phi) is 5.31. The molecule has 0 saturated heterocycles. The number of sulfone groups is 1. The van der Waals surface area contributed by atoms with E-state index >= 15 is 0 Å². The van der Waals surface area contributed by atoms with Crippen LogP contribution in [-0.2, 0) is 16.9 Å². The monoisotopic (exact) mass is 415 g/mol. The Balaban J connectivity index is 1.86. The Morgan fingerprint density at radius 2 is 1.73 bits per heavy atom. The highest BCUT2D eigenvalue weighted by molar-refractivity contribution is 7.99. The number of benzene rings is 2. The maximum absolute atomic E-state index is 12.6. The quantitative estimate of drug-likeness (QED) is 0.622. The van der Waals surface area contributed by atoms with E-state index in [2.05, 4.69) is 10.2 Å². The van der Waals surface area contributed by atoms with E-state index in [1.54, 1.807) is 17.7 Å². The molecule has 5 nitrogen and oxygen atoms in total. The fraction of sp³-hybridized carbons (Fsp3) is 0.125. The summed E-state index contributed by atoms with van der Waals surface area (Å²) < 4.78 is 49.8. The third-order valence-corrected chi connectivity index (χ3v) is 6.32. The molecule has 3 rings (SSSR count). The van der Waals surface area contributed by atoms with Crippen LogP contribution >= 0.6 is 23.4 Å². The van der Waals surface area contributed by atoms with Crippen molar-refractivity contribution in [3.05, 3.63) is 53.6 Å². The van der Waals surface area contributed by atoms with Gasteiger partial charge in [0, 0.05) is 17.5 Å². The van der Waals surface area contributed by atoms with E-state index in [0.29, 0.717) is 20.9 Å². The lowest BCUT2D eigenvalue weighted by Gasteiger charge is -2.06. The molecule has 0 radical (unpaired) electrons. The molecule has 0 spiro atoms. The topological polar surface area (TPSA) is 64.8 Å². The van der Waals surface area contributed by atoms with Crippen LogP contribution in [0.1, 0.15) is 0 Å². The van der Waals surface area contributed by atoms with Gasteiger partial charge in [0.2, 0.25) is 9.84 Å². The van der Waals surface area contributed by atoms with Crippen LogP contribution in [-0.4, -0.2) is 28.9 Å². The number of nitrogens with zero attached hydrogens (tertiary/aromatic N) is 3. The molecule has 10 heteroatoms. The first-order chi connectivity index (χ1) is 12.3. The minimum Gasteiger partial charge on any atom is -0.305 e. The van der Waals surface area contributed by atoms with Crippen LogP contribution in [0.4, 0.5) is 8.78 Å². The summed E-state index contributed by atoms with van der Waals surface area (Å²) in [6, 6.07) is 12.4. The standard InChI is InChI=1S/C16H12ClF2N3O2S2/c1-22-14(12-4-2-3-5-13(12)17)20-21-16(22)25-10-6-8-11(9-7-10)26(23,24)15(18)19/h2-9,15H,1H3. The van der Waals surface area contributed by atoms with Crippen molar-refractivity contribution in [2.24, 2.45) is 7.05 Å². The van der Waals surface area contributed by atoms with E-state index < -0.39 is 20.5 Å². The Morgan fingerprint density at radius 3 is 2.35 bits per heavy atom. The van der Waals surface area contributed by atoms with E-state index in [-0.39, 0.29) is 0 Å². The zero-order valence-electron chi connectivity index (χ0n) is 13.3. The van der Waals surface area contributed by atoms with Crippen molar-refractivity contribution in [3.8, 4) is 11.4 Å². The summed E-state index contributed by atoms with van der Waals surface area (Å²) in [6.45, 7) is 0. The molecule has 3 aromatic rings. The molecule has 2 aromatic carbocycles. The molecular formula is C16H12ClF2N3O2S2. The molecule has 136 valence electrons. The lowest BCUT2D eigenvalue weighted by Crippen LogP contribution is -2.11. The van der Waals surface area contributed by atoms with Gasteiger partial charge in [0.05, 0.1) is 9.92 Å². The minimum atomic E-state index is -4.60. The number of halogens is 3. The van der Waals surface area contributed by atoms with Gasteiger partial charge in [0.15, 0.2) is 11.0 Å². The highest BCUT2D eigenvalue weighted by atomic mass is 35.5. The second-order valence-corrected chi connectivity index (χ2v) is 8.59. The third kappa shape index (κ3) is 3.60. The van der Waals surface area contributed by atoms with Crippen LogP contribution in [0, 0.1) is 0 Å². The molecule has 0 aliphatic heterocycles. The maximum atomic E-state index is 12.6. The van der Waals surface area contributed by atoms with Crippen molar-refractivity contribution >= 4 is 33.2 Å². The largest absolute Gasteiger partial charge is 0.341 e. The van der Waals surface area contributed by atoms with Crippen LogP contribution in [0.15, 0.2) is 63.5 Å². The molecule has 0 amide bonds. The average molecular weight is 416 g/mol. The van der Waals surface area contributed by atoms with Gasteiger partial charge in [-0.15, -0.1) is 10.2 Å². The summed E-state index contributed by atoms with van der Waals surface area (Å²) in [7, 11) is -2.83. The van der Waals surface area contributed by atoms with Gasteiger partial charge in [-0.3, -0.25) is 0 Å². The Labute approximate surface area is 157 Å². The fourth-order valence-electron chi connectivity index (χ4n) is 2.19. The zero-order chi connectivity index (χ0) is 18.9. The first kappa shape index (κ1) is 18.8. The molecule has 0 aliphatic carbocycles. The Hall–Kier alpha value is -1.97. The van der Waals surface area contributed by atoms with E-state index in [1.165, 1.54) is 23.9 Å². The van der Waals surface area contributed by atoms with E-state index in [9.17, 15) is 17.2 Å². The minimum absolute atomic E-state index is 0.424. The van der Waals surface area contributed by atoms with Gasteiger partial charge in [-0.25, -0.2) is 8.42 Å². The first-order valence-electron chi connectivity index (χ1n) is 7.25. The molecule has 0 N–H and O–H groups in total. The van der Waals surface area contributed by atoms with Crippen molar-refractivity contribution in [1.82, 2.24) is 14.8 Å². The van der Waals surface area contributed by atoms with E-state index in [4.69, 9.17) is 11.6 Å². The average Bonchev–Trinajstić information content (AvgIpc) is 2.96. The van der Waals surface area contributed by atoms with E-state index in [0.717, 1.165) is 17.7 Å². The lowest BCUT2D eigenvalue weighted by atomic mass is 10.2. The molecule has 0 aliphatic rings. The number of alkyl halides is 2. The fourth-order valence-corrected chi connectivity index (χ4v) is 3.92. The van der Waals surface area contributed by atoms with Crippen molar-refractivity contribution < 1.29 is 17.2 Å². The Morgan fingerprint density at radius 1 is 1.08 bits per heavy atom. The van der Waals surface area contributed by atoms with Crippen molar-refractivity contribution in [1.29, 1.82) is 0 Å². The van der Waals surface area contributed by atoms with Gasteiger partial charge in [-0.1, -0.05) is 23.7 Å². The van der Waals surface area contributed by atoms with Crippen molar-refractivity contribution in [3.63, 3.8) is 0 Å². The van der Waals surface area contributed by atoms with Gasteiger partial charge in [0.25, 0.3) is 0 Å². The van der Waals surface area contributed by atoms with Crippen LogP contribution in [0.25, 0.3) is 11.4 Å². The zero-order valence-corrected chi connectivity index (χ0v) is 15.7. The highest BCUT2D eigenvalue weighted by Gasteiger charge is 2.26. The normalized spacial score (nSPS) is 11.9. The summed E-state index contributed by atoms with van der Waals surface area (Å²) >= 11 is 7.41. The lowest BCUT2D eigenvalue weighted by molar-refractivity contribution is 0.234. The Bertz CT molecular complexity index is 1040. The summed E-state index contributed by atoms with van der Waals surface area (Å²) in [5, 5.41) is 9.33. The van der Waals surface area contributed by atoms with Gasteiger partial charge in [-0.05, 0) is 48.2 Å². The van der Waals surface area contributed by atoms with Crippen molar-refractivity contribution in [2.45, 2.75) is 20.7 Å². The van der Waals surface area contributed by atoms with Crippen molar-refractivity contribution in [2.75, 3.05) is 0 Å². The molecule has 0 unspecified atom stereocenters. The summed E-state index contributed by atoms with van der Waals surface area (Å²) in [5.41, 5.74) is 0.731. The highest BCUT2D eigenvalue weighted by Crippen LogP contribution is 2.32. The second-order valence-electron chi connectivity index (χ2n) is 5.22. The number of aromatic nitrogens is 3. The number of rotatable bonds is 5. The van der Waals surface area contributed by atoms with Crippen LogP contribution in [0.2, 0.25) is 5.02 Å². The third-order valence-electron chi connectivity index (χ3n) is 3.55. The van der Waals surface area contributed by atoms with Gasteiger partial charge >= 0.3 is 5.76 Å². The van der Waals surface area contributed by atoms with Crippen LogP contribution in [0.3, 0.4) is 0 Å². The molecule has 1 heterocycles.